The molecule has 0 amide bonds. The third-order valence-electron chi connectivity index (χ3n) is 3.63. The number of hydrazone groups is 1. The first kappa shape index (κ1) is 19.4. The number of methoxy groups -OCH3 is 1. The Labute approximate surface area is 167 Å². The maximum atomic E-state index is 12.3. The van der Waals surface area contributed by atoms with E-state index in [1.165, 1.54) is 11.3 Å². The van der Waals surface area contributed by atoms with Crippen molar-refractivity contribution in [2.24, 2.45) is 5.10 Å². The third-order valence-corrected chi connectivity index (χ3v) is 4.39. The summed E-state index contributed by atoms with van der Waals surface area (Å²) in [5.41, 5.74) is 5.04. The van der Waals surface area contributed by atoms with Crippen LogP contribution in [0, 0.1) is 0 Å². The molecule has 0 saturated carbocycles. The van der Waals surface area contributed by atoms with Crippen LogP contribution in [0.5, 0.6) is 5.75 Å². The minimum atomic E-state index is -0.535. The van der Waals surface area contributed by atoms with Crippen molar-refractivity contribution in [2.75, 3.05) is 24.5 Å². The molecule has 0 bridgehead atoms. The minimum Gasteiger partial charge on any atom is -0.497 e. The lowest BCUT2D eigenvalue weighted by molar-refractivity contribution is -0.134. The highest BCUT2D eigenvalue weighted by molar-refractivity contribution is 7.14. The molecule has 0 aliphatic carbocycles. The first-order chi connectivity index (χ1) is 13.7. The Bertz CT molecular complexity index is 940. The van der Waals surface area contributed by atoms with Crippen molar-refractivity contribution in [3.8, 4) is 5.75 Å². The normalized spacial score (nSPS) is 11.0. The smallest absolute Gasteiger partial charge is 0.361 e. The summed E-state index contributed by atoms with van der Waals surface area (Å²) in [6.07, 6.45) is 0. The fourth-order valence-corrected chi connectivity index (χ4v) is 2.99. The Hall–Kier alpha value is -3.39. The van der Waals surface area contributed by atoms with Gasteiger partial charge in [0, 0.05) is 11.1 Å². The van der Waals surface area contributed by atoms with E-state index in [4.69, 9.17) is 9.47 Å². The highest BCUT2D eigenvalue weighted by Gasteiger charge is 2.19. The number of thiazole rings is 1. The number of hydrogen-bond acceptors (Lipinski definition) is 8. The number of hydrogen-bond donors (Lipinski definition) is 2. The van der Waals surface area contributed by atoms with Crippen molar-refractivity contribution >= 4 is 39.5 Å². The first-order valence-corrected chi connectivity index (χ1v) is 9.50. The van der Waals surface area contributed by atoms with Gasteiger partial charge in [-0.3, -0.25) is 5.43 Å². The van der Waals surface area contributed by atoms with Crippen LogP contribution in [0.15, 0.2) is 65.1 Å². The summed E-state index contributed by atoms with van der Waals surface area (Å²) in [5.74, 6) is 0.237. The SMILES string of the molecule is CCOC(=O)/C(=N\Nc1ccccc1)c1csc(Nc2ccc(OC)cc2)n1. The molecule has 2 N–H and O–H groups in total. The Kier molecular flexibility index (Phi) is 6.59. The van der Waals surface area contributed by atoms with E-state index in [1.807, 2.05) is 54.6 Å². The molecular formula is C20H20N4O3S. The molecule has 1 heterocycles. The lowest BCUT2D eigenvalue weighted by Crippen LogP contribution is -2.20. The predicted octanol–water partition coefficient (Wildman–Crippen LogP) is 4.27. The van der Waals surface area contributed by atoms with E-state index < -0.39 is 5.97 Å². The molecule has 0 spiro atoms. The maximum absolute atomic E-state index is 12.3. The second-order valence-corrected chi connectivity index (χ2v) is 6.41. The van der Waals surface area contributed by atoms with Gasteiger partial charge in [0.25, 0.3) is 0 Å². The standard InChI is InChI=1S/C20H20N4O3S/c1-3-27-19(25)18(24-23-15-7-5-4-6-8-15)17-13-28-20(22-17)21-14-9-11-16(26-2)12-10-14/h4-13,23H,3H2,1-2H3,(H,21,22)/b24-18-. The van der Waals surface area contributed by atoms with Gasteiger partial charge in [-0.1, -0.05) is 18.2 Å². The summed E-state index contributed by atoms with van der Waals surface area (Å²) >= 11 is 1.37. The highest BCUT2D eigenvalue weighted by Crippen LogP contribution is 2.23. The van der Waals surface area contributed by atoms with Crippen LogP contribution in [-0.4, -0.2) is 30.4 Å². The van der Waals surface area contributed by atoms with E-state index in [9.17, 15) is 4.79 Å². The Morgan fingerprint density at radius 1 is 1.11 bits per heavy atom. The van der Waals surface area contributed by atoms with Crippen molar-refractivity contribution in [3.63, 3.8) is 0 Å². The number of para-hydroxylation sites is 1. The average molecular weight is 396 g/mol. The number of ether oxygens (including phenoxy) is 2. The minimum absolute atomic E-state index is 0.115. The fraction of sp³-hybridized carbons (Fsp3) is 0.150. The predicted molar refractivity (Wildman–Crippen MR) is 112 cm³/mol. The van der Waals surface area contributed by atoms with Gasteiger partial charge in [0.1, 0.15) is 11.4 Å². The van der Waals surface area contributed by atoms with E-state index in [0.717, 1.165) is 17.1 Å². The van der Waals surface area contributed by atoms with Crippen molar-refractivity contribution in [3.05, 3.63) is 65.7 Å². The van der Waals surface area contributed by atoms with Gasteiger partial charge in [0.2, 0.25) is 0 Å². The number of nitrogens with one attached hydrogen (secondary N) is 2. The number of benzene rings is 2. The van der Waals surface area contributed by atoms with Gasteiger partial charge in [0.15, 0.2) is 10.8 Å². The van der Waals surface area contributed by atoms with Crippen molar-refractivity contribution in [1.82, 2.24) is 4.98 Å². The Morgan fingerprint density at radius 3 is 2.54 bits per heavy atom. The molecule has 0 atom stereocenters. The molecule has 144 valence electrons. The summed E-state index contributed by atoms with van der Waals surface area (Å²) in [4.78, 5) is 16.8. The first-order valence-electron chi connectivity index (χ1n) is 8.62. The summed E-state index contributed by atoms with van der Waals surface area (Å²) in [5, 5.41) is 9.81. The zero-order valence-corrected chi connectivity index (χ0v) is 16.3. The van der Waals surface area contributed by atoms with Crippen LogP contribution < -0.4 is 15.5 Å². The van der Waals surface area contributed by atoms with Crippen LogP contribution in [0.2, 0.25) is 0 Å². The van der Waals surface area contributed by atoms with E-state index in [0.29, 0.717) is 10.8 Å². The van der Waals surface area contributed by atoms with Gasteiger partial charge >= 0.3 is 5.97 Å². The van der Waals surface area contributed by atoms with Crippen molar-refractivity contribution in [1.29, 1.82) is 0 Å². The number of nitrogens with zero attached hydrogens (tertiary/aromatic N) is 2. The fourth-order valence-electron chi connectivity index (χ4n) is 2.28. The molecule has 3 rings (SSSR count). The number of rotatable bonds is 8. The largest absolute Gasteiger partial charge is 0.497 e. The molecule has 3 aromatic rings. The van der Waals surface area contributed by atoms with Crippen LogP contribution in [0.3, 0.4) is 0 Å². The molecule has 0 aliphatic heterocycles. The number of aromatic nitrogens is 1. The molecule has 8 heteroatoms. The van der Waals surface area contributed by atoms with Crippen molar-refractivity contribution in [2.45, 2.75) is 6.92 Å². The summed E-state index contributed by atoms with van der Waals surface area (Å²) in [7, 11) is 1.62. The van der Waals surface area contributed by atoms with Crippen LogP contribution in [-0.2, 0) is 9.53 Å². The Balaban J connectivity index is 1.79. The lowest BCUT2D eigenvalue weighted by Gasteiger charge is -2.06. The molecule has 7 nitrogen and oxygen atoms in total. The molecular weight excluding hydrogens is 376 g/mol. The monoisotopic (exact) mass is 396 g/mol. The number of carbonyl (C=O) groups excluding carboxylic acids is 1. The zero-order valence-electron chi connectivity index (χ0n) is 15.5. The maximum Gasteiger partial charge on any atom is 0.361 e. The second-order valence-electron chi connectivity index (χ2n) is 5.55. The van der Waals surface area contributed by atoms with Gasteiger partial charge in [-0.2, -0.15) is 5.10 Å². The van der Waals surface area contributed by atoms with E-state index >= 15 is 0 Å². The average Bonchev–Trinajstić information content (AvgIpc) is 3.18. The number of anilines is 3. The zero-order chi connectivity index (χ0) is 19.8. The molecule has 0 aliphatic rings. The van der Waals surface area contributed by atoms with Gasteiger partial charge in [-0.15, -0.1) is 11.3 Å². The van der Waals surface area contributed by atoms with Crippen LogP contribution in [0.4, 0.5) is 16.5 Å². The molecule has 0 radical (unpaired) electrons. The lowest BCUT2D eigenvalue weighted by atomic mass is 10.3. The molecule has 0 saturated heterocycles. The molecule has 28 heavy (non-hydrogen) atoms. The molecule has 0 fully saturated rings. The van der Waals surface area contributed by atoms with E-state index in [1.54, 1.807) is 19.4 Å². The van der Waals surface area contributed by atoms with Crippen LogP contribution >= 0.6 is 11.3 Å². The Morgan fingerprint density at radius 2 is 1.86 bits per heavy atom. The van der Waals surface area contributed by atoms with Gasteiger partial charge < -0.3 is 14.8 Å². The third kappa shape index (κ3) is 5.08. The van der Waals surface area contributed by atoms with E-state index in [-0.39, 0.29) is 12.3 Å². The number of esters is 1. The van der Waals surface area contributed by atoms with Gasteiger partial charge in [-0.05, 0) is 43.3 Å². The van der Waals surface area contributed by atoms with Crippen LogP contribution in [0.1, 0.15) is 12.6 Å². The van der Waals surface area contributed by atoms with Crippen molar-refractivity contribution < 1.29 is 14.3 Å². The second kappa shape index (κ2) is 9.52. The van der Waals surface area contributed by atoms with E-state index in [2.05, 4.69) is 20.8 Å². The topological polar surface area (TPSA) is 84.8 Å². The molecule has 1 aromatic heterocycles. The summed E-state index contributed by atoms with van der Waals surface area (Å²) in [6.45, 7) is 2.00. The number of carbonyl (C=O) groups is 1. The summed E-state index contributed by atoms with van der Waals surface area (Å²) in [6, 6.07) is 16.8. The van der Waals surface area contributed by atoms with Gasteiger partial charge in [-0.25, -0.2) is 9.78 Å². The highest BCUT2D eigenvalue weighted by atomic mass is 32.1. The quantitative estimate of drug-likeness (QED) is 0.336. The van der Waals surface area contributed by atoms with Gasteiger partial charge in [0.05, 0.1) is 19.4 Å². The molecule has 0 unspecified atom stereocenters. The summed E-state index contributed by atoms with van der Waals surface area (Å²) < 4.78 is 10.3. The molecule has 2 aromatic carbocycles. The van der Waals surface area contributed by atoms with Crippen LogP contribution in [0.25, 0.3) is 0 Å².